The van der Waals surface area contributed by atoms with Crippen LogP contribution < -0.4 is 19.5 Å². The molecule has 38 heavy (non-hydrogen) atoms. The Hall–Kier alpha value is -4.30. The average molecular weight is 559 g/mol. The minimum Gasteiger partial charge on any atom is -0.497 e. The fourth-order valence-electron chi connectivity index (χ4n) is 3.32. The first-order valence-electron chi connectivity index (χ1n) is 11.0. The number of fused-ring (bicyclic) bond motifs is 1. The third-order valence-electron chi connectivity index (χ3n) is 5.29. The van der Waals surface area contributed by atoms with Crippen LogP contribution >= 0.6 is 11.8 Å². The molecular formula is C24H22N4O8S2. The fraction of sp³-hybridized carbons (Fsp3) is 0.167. The van der Waals surface area contributed by atoms with Gasteiger partial charge in [-0.1, -0.05) is 11.8 Å². The Morgan fingerprint density at radius 2 is 1.82 bits per heavy atom. The normalized spacial score (nSPS) is 12.1. The van der Waals surface area contributed by atoms with E-state index in [0.717, 1.165) is 11.8 Å². The van der Waals surface area contributed by atoms with Crippen molar-refractivity contribution in [1.29, 1.82) is 0 Å². The van der Waals surface area contributed by atoms with Crippen molar-refractivity contribution in [3.05, 3.63) is 70.8 Å². The number of amides is 1. The van der Waals surface area contributed by atoms with Crippen LogP contribution in [0.25, 0.3) is 11.1 Å². The Balaban J connectivity index is 1.48. The molecule has 1 unspecified atom stereocenters. The van der Waals surface area contributed by atoms with Gasteiger partial charge in [-0.3, -0.25) is 19.6 Å². The summed E-state index contributed by atoms with van der Waals surface area (Å²) < 4.78 is 44.1. The van der Waals surface area contributed by atoms with Gasteiger partial charge in [0.05, 0.1) is 35.0 Å². The highest BCUT2D eigenvalue weighted by molar-refractivity contribution is 8.00. The molecule has 0 saturated heterocycles. The zero-order valence-corrected chi connectivity index (χ0v) is 22.0. The third-order valence-corrected chi connectivity index (χ3v) is 7.61. The molecule has 0 saturated carbocycles. The maximum Gasteiger partial charge on any atom is 0.271 e. The highest BCUT2D eigenvalue weighted by Gasteiger charge is 2.22. The number of aromatic nitrogens is 1. The first kappa shape index (κ1) is 26.8. The van der Waals surface area contributed by atoms with Gasteiger partial charge in [-0.2, -0.15) is 0 Å². The summed E-state index contributed by atoms with van der Waals surface area (Å²) in [7, 11) is -1.01. The SMILES string of the molecule is COc1ccc(NS(=O)(=O)c2ccc3oc(SC(C)C(=O)Nc4cc([N+](=O)[O-])ccc4OC)nc3c2)cc1. The molecule has 12 nitrogen and oxygen atoms in total. The van der Waals surface area contributed by atoms with E-state index in [1.165, 1.54) is 50.6 Å². The third kappa shape index (κ3) is 5.98. The Bertz CT molecular complexity index is 1600. The van der Waals surface area contributed by atoms with Crippen LogP contribution in [0.5, 0.6) is 11.5 Å². The molecular weight excluding hydrogens is 536 g/mol. The molecule has 2 N–H and O–H groups in total. The first-order valence-corrected chi connectivity index (χ1v) is 13.3. The minimum absolute atomic E-state index is 0.0192. The van der Waals surface area contributed by atoms with Gasteiger partial charge < -0.3 is 19.2 Å². The van der Waals surface area contributed by atoms with Gasteiger partial charge in [0, 0.05) is 17.8 Å². The van der Waals surface area contributed by atoms with Crippen molar-refractivity contribution in [3.63, 3.8) is 0 Å². The number of hydrogen-bond acceptors (Lipinski definition) is 10. The van der Waals surface area contributed by atoms with Crippen molar-refractivity contribution in [3.8, 4) is 11.5 Å². The zero-order valence-electron chi connectivity index (χ0n) is 20.3. The fourth-order valence-corrected chi connectivity index (χ4v) is 5.16. The summed E-state index contributed by atoms with van der Waals surface area (Å²) in [6.45, 7) is 1.60. The first-order chi connectivity index (χ1) is 18.1. The number of oxazole rings is 1. The maximum absolute atomic E-state index is 12.9. The lowest BCUT2D eigenvalue weighted by Crippen LogP contribution is -2.22. The molecule has 0 aliphatic heterocycles. The Kier molecular flexibility index (Phi) is 7.73. The summed E-state index contributed by atoms with van der Waals surface area (Å²) in [5.41, 5.74) is 0.938. The number of carbonyl (C=O) groups excluding carboxylic acids is 1. The number of sulfonamides is 1. The lowest BCUT2D eigenvalue weighted by atomic mass is 10.2. The van der Waals surface area contributed by atoms with Crippen molar-refractivity contribution in [2.45, 2.75) is 22.3 Å². The van der Waals surface area contributed by atoms with Gasteiger partial charge in [0.15, 0.2) is 5.58 Å². The molecule has 14 heteroatoms. The van der Waals surface area contributed by atoms with E-state index in [2.05, 4.69) is 15.0 Å². The number of anilines is 2. The predicted octanol–water partition coefficient (Wildman–Crippen LogP) is 4.67. The van der Waals surface area contributed by atoms with Crippen LogP contribution in [0, 0.1) is 10.1 Å². The number of nitro groups is 1. The Morgan fingerprint density at radius 1 is 1.08 bits per heavy atom. The van der Waals surface area contributed by atoms with Crippen molar-refractivity contribution < 1.29 is 32.0 Å². The summed E-state index contributed by atoms with van der Waals surface area (Å²) in [6.07, 6.45) is 0. The number of nitrogens with one attached hydrogen (secondary N) is 2. The van der Waals surface area contributed by atoms with Gasteiger partial charge in [-0.15, -0.1) is 0 Å². The molecule has 1 heterocycles. The molecule has 0 aliphatic carbocycles. The molecule has 1 atom stereocenters. The Labute approximate surface area is 221 Å². The van der Waals surface area contributed by atoms with E-state index in [9.17, 15) is 23.3 Å². The number of nitro benzene ring substituents is 1. The molecule has 198 valence electrons. The van der Waals surface area contributed by atoms with Gasteiger partial charge in [-0.05, 0) is 55.5 Å². The molecule has 0 aliphatic rings. The van der Waals surface area contributed by atoms with E-state index >= 15 is 0 Å². The van der Waals surface area contributed by atoms with E-state index in [1.807, 2.05) is 0 Å². The van der Waals surface area contributed by atoms with Crippen molar-refractivity contribution in [2.75, 3.05) is 24.3 Å². The second-order valence-corrected chi connectivity index (χ2v) is 10.8. The van der Waals surface area contributed by atoms with E-state index in [4.69, 9.17) is 13.9 Å². The van der Waals surface area contributed by atoms with Gasteiger partial charge in [-0.25, -0.2) is 13.4 Å². The number of hydrogen-bond donors (Lipinski definition) is 2. The molecule has 1 aromatic heterocycles. The standard InChI is InChI=1S/C24H22N4O8S2/c1-14(23(29)25-19-12-16(28(30)31)6-10-21(19)35-3)37-24-26-20-13-18(9-11-22(20)36-24)38(32,33)27-15-4-7-17(34-2)8-5-15/h4-14,27H,1-3H3,(H,25,29). The molecule has 0 fully saturated rings. The van der Waals surface area contributed by atoms with Crippen LogP contribution in [0.3, 0.4) is 0 Å². The lowest BCUT2D eigenvalue weighted by molar-refractivity contribution is -0.384. The van der Waals surface area contributed by atoms with Crippen molar-refractivity contribution >= 4 is 55.9 Å². The number of carbonyl (C=O) groups is 1. The number of methoxy groups -OCH3 is 2. The summed E-state index contributed by atoms with van der Waals surface area (Å²) in [4.78, 5) is 27.6. The molecule has 1 amide bonds. The average Bonchev–Trinajstić information content (AvgIpc) is 3.30. The second kappa shape index (κ2) is 11.0. The number of thioether (sulfide) groups is 1. The lowest BCUT2D eigenvalue weighted by Gasteiger charge is -2.12. The summed E-state index contributed by atoms with van der Waals surface area (Å²) in [6, 6.07) is 14.5. The highest BCUT2D eigenvalue weighted by Crippen LogP contribution is 2.32. The summed E-state index contributed by atoms with van der Waals surface area (Å²) in [5, 5.41) is 13.1. The van der Waals surface area contributed by atoms with Crippen molar-refractivity contribution in [1.82, 2.24) is 4.98 Å². The van der Waals surface area contributed by atoms with Crippen LogP contribution in [0.1, 0.15) is 6.92 Å². The monoisotopic (exact) mass is 558 g/mol. The number of rotatable bonds is 10. The largest absolute Gasteiger partial charge is 0.497 e. The quantitative estimate of drug-likeness (QED) is 0.159. The molecule has 3 aromatic carbocycles. The molecule has 0 bridgehead atoms. The highest BCUT2D eigenvalue weighted by atomic mass is 32.2. The van der Waals surface area contributed by atoms with Gasteiger partial charge in [0.25, 0.3) is 20.9 Å². The number of benzene rings is 3. The van der Waals surface area contributed by atoms with Crippen molar-refractivity contribution in [2.24, 2.45) is 0 Å². The van der Waals surface area contributed by atoms with Crippen LogP contribution in [-0.4, -0.2) is 43.7 Å². The predicted molar refractivity (Wildman–Crippen MR) is 141 cm³/mol. The second-order valence-electron chi connectivity index (χ2n) is 7.83. The summed E-state index contributed by atoms with van der Waals surface area (Å²) in [5.74, 6) is 0.386. The van der Waals surface area contributed by atoms with Crippen LogP contribution in [0.4, 0.5) is 17.1 Å². The molecule has 0 radical (unpaired) electrons. The van der Waals surface area contributed by atoms with Crippen LogP contribution in [0.15, 0.2) is 75.2 Å². The van der Waals surface area contributed by atoms with Gasteiger partial charge >= 0.3 is 0 Å². The number of non-ortho nitro benzene ring substituents is 1. The number of ether oxygens (including phenoxy) is 2. The van der Waals surface area contributed by atoms with E-state index in [0.29, 0.717) is 17.0 Å². The van der Waals surface area contributed by atoms with E-state index in [-0.39, 0.29) is 32.8 Å². The molecule has 4 rings (SSSR count). The minimum atomic E-state index is -3.91. The Morgan fingerprint density at radius 3 is 2.47 bits per heavy atom. The van der Waals surface area contributed by atoms with E-state index < -0.39 is 26.1 Å². The van der Waals surface area contributed by atoms with Crippen LogP contribution in [-0.2, 0) is 14.8 Å². The summed E-state index contributed by atoms with van der Waals surface area (Å²) >= 11 is 0.999. The molecule has 4 aromatic rings. The topological polar surface area (TPSA) is 163 Å². The van der Waals surface area contributed by atoms with E-state index in [1.54, 1.807) is 31.2 Å². The van der Waals surface area contributed by atoms with Crippen LogP contribution in [0.2, 0.25) is 0 Å². The number of nitrogens with zero attached hydrogens (tertiary/aromatic N) is 2. The van der Waals surface area contributed by atoms with Gasteiger partial charge in [0.1, 0.15) is 17.0 Å². The smallest absolute Gasteiger partial charge is 0.271 e. The molecule has 0 spiro atoms. The zero-order chi connectivity index (χ0) is 27.4. The van der Waals surface area contributed by atoms with Gasteiger partial charge in [0.2, 0.25) is 5.91 Å². The maximum atomic E-state index is 12.9.